The first-order valence-electron chi connectivity index (χ1n) is 5.27. The molecule has 0 saturated carbocycles. The predicted octanol–water partition coefficient (Wildman–Crippen LogP) is 3.19. The maximum Gasteiger partial charge on any atom is -0.00773 e. The van der Waals surface area contributed by atoms with Crippen LogP contribution in [-0.4, -0.2) is 6.54 Å². The van der Waals surface area contributed by atoms with E-state index in [1.807, 2.05) is 0 Å². The van der Waals surface area contributed by atoms with Gasteiger partial charge in [-0.1, -0.05) is 40.5 Å². The number of hydrogen-bond acceptors (Lipinski definition) is 1. The van der Waals surface area contributed by atoms with Crippen molar-refractivity contribution < 1.29 is 0 Å². The average Bonchev–Trinajstić information content (AvgIpc) is 2.04. The Balaban J connectivity index is 3.80. The summed E-state index contributed by atoms with van der Waals surface area (Å²) in [4.78, 5) is 0. The molecule has 0 aromatic rings. The lowest BCUT2D eigenvalue weighted by Crippen LogP contribution is -2.22. The third-order valence-electron chi connectivity index (χ3n) is 3.40. The van der Waals surface area contributed by atoms with Gasteiger partial charge in [-0.3, -0.25) is 0 Å². The predicted molar refractivity (Wildman–Crippen MR) is 56.1 cm³/mol. The number of unbranched alkanes of at least 4 members (excludes halogenated alkanes) is 1. The quantitative estimate of drug-likeness (QED) is 0.610. The molecular weight excluding hydrogens is 146 g/mol. The maximum absolute atomic E-state index is 5.48. The molecule has 0 heterocycles. The molecule has 1 nitrogen and oxygen atoms in total. The van der Waals surface area contributed by atoms with Crippen LogP contribution in [0.1, 0.15) is 53.4 Å². The molecule has 0 aromatic heterocycles. The molecule has 12 heavy (non-hydrogen) atoms. The van der Waals surface area contributed by atoms with Crippen LogP contribution in [0.25, 0.3) is 0 Å². The number of rotatable bonds is 6. The Bertz CT molecular complexity index is 110. The number of hydrogen-bond donors (Lipinski definition) is 1. The van der Waals surface area contributed by atoms with E-state index in [1.54, 1.807) is 0 Å². The average molecular weight is 171 g/mol. The van der Waals surface area contributed by atoms with Crippen molar-refractivity contribution in [3.63, 3.8) is 0 Å². The van der Waals surface area contributed by atoms with E-state index in [4.69, 9.17) is 5.73 Å². The summed E-state index contributed by atoms with van der Waals surface area (Å²) in [5, 5.41) is 0. The SMILES string of the molecule is CCC(C)(CCCCN)C(C)C. The van der Waals surface area contributed by atoms with Gasteiger partial charge in [0.1, 0.15) is 0 Å². The Morgan fingerprint density at radius 2 is 1.83 bits per heavy atom. The van der Waals surface area contributed by atoms with Gasteiger partial charge in [0, 0.05) is 0 Å². The van der Waals surface area contributed by atoms with Gasteiger partial charge in [0.2, 0.25) is 0 Å². The van der Waals surface area contributed by atoms with Gasteiger partial charge in [0.25, 0.3) is 0 Å². The van der Waals surface area contributed by atoms with Crippen LogP contribution in [0.3, 0.4) is 0 Å². The summed E-state index contributed by atoms with van der Waals surface area (Å²) >= 11 is 0. The van der Waals surface area contributed by atoms with E-state index in [-0.39, 0.29) is 0 Å². The summed E-state index contributed by atoms with van der Waals surface area (Å²) < 4.78 is 0. The molecule has 0 amide bonds. The smallest absolute Gasteiger partial charge is 0.00773 e. The van der Waals surface area contributed by atoms with E-state index in [1.165, 1.54) is 25.7 Å². The Morgan fingerprint density at radius 3 is 2.17 bits per heavy atom. The van der Waals surface area contributed by atoms with Crippen LogP contribution < -0.4 is 5.73 Å². The highest BCUT2D eigenvalue weighted by Crippen LogP contribution is 2.35. The van der Waals surface area contributed by atoms with Crippen LogP contribution in [-0.2, 0) is 0 Å². The molecule has 0 radical (unpaired) electrons. The van der Waals surface area contributed by atoms with Crippen molar-refractivity contribution in [2.24, 2.45) is 17.1 Å². The van der Waals surface area contributed by atoms with Gasteiger partial charge in [0.15, 0.2) is 0 Å². The molecule has 1 heteroatoms. The molecule has 0 saturated heterocycles. The minimum Gasteiger partial charge on any atom is -0.330 e. The Morgan fingerprint density at radius 1 is 1.25 bits per heavy atom. The molecule has 0 fully saturated rings. The van der Waals surface area contributed by atoms with Gasteiger partial charge in [-0.25, -0.2) is 0 Å². The fourth-order valence-electron chi connectivity index (χ4n) is 1.55. The zero-order valence-corrected chi connectivity index (χ0v) is 9.19. The molecule has 0 spiro atoms. The number of nitrogens with two attached hydrogens (primary N) is 1. The van der Waals surface area contributed by atoms with Crippen LogP contribution in [0, 0.1) is 11.3 Å². The molecule has 0 rings (SSSR count). The summed E-state index contributed by atoms with van der Waals surface area (Å²) in [6, 6.07) is 0. The van der Waals surface area contributed by atoms with Crippen LogP contribution in [0.5, 0.6) is 0 Å². The second kappa shape index (κ2) is 5.58. The molecule has 74 valence electrons. The lowest BCUT2D eigenvalue weighted by molar-refractivity contribution is 0.184. The van der Waals surface area contributed by atoms with Crippen molar-refractivity contribution in [1.82, 2.24) is 0 Å². The van der Waals surface area contributed by atoms with Crippen molar-refractivity contribution in [2.45, 2.75) is 53.4 Å². The largest absolute Gasteiger partial charge is 0.330 e. The van der Waals surface area contributed by atoms with Gasteiger partial charge in [-0.15, -0.1) is 0 Å². The second-order valence-corrected chi connectivity index (χ2v) is 4.41. The molecule has 0 aromatic carbocycles. The molecule has 0 bridgehead atoms. The highest BCUT2D eigenvalue weighted by atomic mass is 14.5. The fraction of sp³-hybridized carbons (Fsp3) is 1.00. The molecular formula is C11H25N. The Hall–Kier alpha value is -0.0400. The van der Waals surface area contributed by atoms with Crippen molar-refractivity contribution in [3.05, 3.63) is 0 Å². The summed E-state index contributed by atoms with van der Waals surface area (Å²) in [6.07, 6.45) is 5.09. The highest BCUT2D eigenvalue weighted by molar-refractivity contribution is 4.75. The van der Waals surface area contributed by atoms with Crippen LogP contribution in [0.2, 0.25) is 0 Å². The first kappa shape index (κ1) is 12.0. The summed E-state index contributed by atoms with van der Waals surface area (Å²) in [6.45, 7) is 10.2. The third-order valence-corrected chi connectivity index (χ3v) is 3.40. The van der Waals surface area contributed by atoms with E-state index in [2.05, 4.69) is 27.7 Å². The van der Waals surface area contributed by atoms with Crippen molar-refractivity contribution in [1.29, 1.82) is 0 Å². The van der Waals surface area contributed by atoms with Gasteiger partial charge >= 0.3 is 0 Å². The van der Waals surface area contributed by atoms with E-state index in [9.17, 15) is 0 Å². The van der Waals surface area contributed by atoms with Crippen molar-refractivity contribution in [3.8, 4) is 0 Å². The zero-order chi connectivity index (χ0) is 9.61. The lowest BCUT2D eigenvalue weighted by atomic mass is 9.73. The van der Waals surface area contributed by atoms with Crippen molar-refractivity contribution >= 4 is 0 Å². The summed E-state index contributed by atoms with van der Waals surface area (Å²) in [5.74, 6) is 0.792. The fourth-order valence-corrected chi connectivity index (χ4v) is 1.55. The van der Waals surface area contributed by atoms with E-state index >= 15 is 0 Å². The van der Waals surface area contributed by atoms with Gasteiger partial charge in [-0.2, -0.15) is 0 Å². The van der Waals surface area contributed by atoms with Crippen molar-refractivity contribution in [2.75, 3.05) is 6.54 Å². The first-order valence-corrected chi connectivity index (χ1v) is 5.27. The van der Waals surface area contributed by atoms with Gasteiger partial charge < -0.3 is 5.73 Å². The normalized spacial score (nSPS) is 16.5. The molecule has 1 atom stereocenters. The Kier molecular flexibility index (Phi) is 5.56. The summed E-state index contributed by atoms with van der Waals surface area (Å²) in [5.41, 5.74) is 6.01. The van der Waals surface area contributed by atoms with E-state index in [0.717, 1.165) is 12.5 Å². The minimum atomic E-state index is 0.537. The molecule has 0 aliphatic rings. The maximum atomic E-state index is 5.48. The standard InChI is InChI=1S/C11H25N/c1-5-11(4,10(2)3)8-6-7-9-12/h10H,5-9,12H2,1-4H3. The lowest BCUT2D eigenvalue weighted by Gasteiger charge is -2.32. The van der Waals surface area contributed by atoms with Gasteiger partial charge in [-0.05, 0) is 30.7 Å². The van der Waals surface area contributed by atoms with Crippen LogP contribution >= 0.6 is 0 Å². The van der Waals surface area contributed by atoms with Crippen LogP contribution in [0.15, 0.2) is 0 Å². The third kappa shape index (κ3) is 3.57. The molecule has 0 aliphatic carbocycles. The minimum absolute atomic E-state index is 0.537. The molecule has 0 aliphatic heterocycles. The monoisotopic (exact) mass is 171 g/mol. The zero-order valence-electron chi connectivity index (χ0n) is 9.19. The van der Waals surface area contributed by atoms with E-state index < -0.39 is 0 Å². The summed E-state index contributed by atoms with van der Waals surface area (Å²) in [7, 11) is 0. The molecule has 1 unspecified atom stereocenters. The van der Waals surface area contributed by atoms with Crippen LogP contribution in [0.4, 0.5) is 0 Å². The molecule has 2 N–H and O–H groups in total. The highest BCUT2D eigenvalue weighted by Gasteiger charge is 2.24. The topological polar surface area (TPSA) is 26.0 Å². The van der Waals surface area contributed by atoms with Gasteiger partial charge in [0.05, 0.1) is 0 Å². The second-order valence-electron chi connectivity index (χ2n) is 4.41. The Labute approximate surface area is 77.7 Å². The first-order chi connectivity index (χ1) is 5.56. The van der Waals surface area contributed by atoms with E-state index in [0.29, 0.717) is 5.41 Å².